The number of benzene rings is 10. The van der Waals surface area contributed by atoms with Gasteiger partial charge in [0.25, 0.3) is 0 Å². The van der Waals surface area contributed by atoms with Crippen molar-refractivity contribution in [2.75, 3.05) is 0 Å². The Hall–Kier alpha value is -8.99. The number of hydrogen-bond acceptors (Lipinski definition) is 4. The van der Waals surface area contributed by atoms with Crippen LogP contribution in [0.4, 0.5) is 0 Å². The van der Waals surface area contributed by atoms with Crippen molar-refractivity contribution in [3.8, 4) is 78.7 Å². The molecule has 2 heterocycles. The van der Waals surface area contributed by atoms with Gasteiger partial charge in [-0.05, 0) is 67.8 Å². The van der Waals surface area contributed by atoms with Crippen LogP contribution in [0.25, 0.3) is 101 Å². The molecule has 0 unspecified atom stereocenters. The van der Waals surface area contributed by atoms with E-state index in [0.717, 1.165) is 72.0 Å². The van der Waals surface area contributed by atoms with Crippen LogP contribution in [-0.2, 0) is 5.41 Å². The van der Waals surface area contributed by atoms with Crippen molar-refractivity contribution in [3.05, 3.63) is 271 Å². The highest BCUT2D eigenvalue weighted by Gasteiger charge is 2.45. The van der Waals surface area contributed by atoms with E-state index in [4.69, 9.17) is 19.4 Å². The van der Waals surface area contributed by atoms with Crippen LogP contribution in [0.15, 0.2) is 253 Å². The first-order valence-electron chi connectivity index (χ1n) is 23.1. The van der Waals surface area contributed by atoms with Crippen molar-refractivity contribution in [2.24, 2.45) is 0 Å². The zero-order valence-corrected chi connectivity index (χ0v) is 36.9. The maximum atomic E-state index is 7.08. The van der Waals surface area contributed by atoms with Crippen molar-refractivity contribution < 1.29 is 4.42 Å². The Kier molecular flexibility index (Phi) is 9.36. The number of aromatic nitrogens is 3. The Labute approximate surface area is 394 Å². The molecule has 0 fully saturated rings. The van der Waals surface area contributed by atoms with Gasteiger partial charge in [0.15, 0.2) is 17.5 Å². The summed E-state index contributed by atoms with van der Waals surface area (Å²) >= 11 is 0. The molecule has 0 spiro atoms. The Balaban J connectivity index is 0.999. The summed E-state index contributed by atoms with van der Waals surface area (Å²) in [6.07, 6.45) is 0. The van der Waals surface area contributed by atoms with Crippen molar-refractivity contribution in [2.45, 2.75) is 5.41 Å². The fourth-order valence-electron chi connectivity index (χ4n) is 10.6. The van der Waals surface area contributed by atoms with Crippen LogP contribution in [0.1, 0.15) is 22.3 Å². The van der Waals surface area contributed by atoms with Crippen LogP contribution >= 0.6 is 0 Å². The summed E-state index contributed by atoms with van der Waals surface area (Å²) in [5.74, 6) is 1.78. The second kappa shape index (κ2) is 16.2. The smallest absolute Gasteiger partial charge is 0.164 e. The molecule has 10 aromatic carbocycles. The quantitative estimate of drug-likeness (QED) is 0.153. The molecular weight excluding hydrogens is 827 g/mol. The molecule has 0 N–H and O–H groups in total. The number of para-hydroxylation sites is 1. The van der Waals surface area contributed by atoms with Crippen LogP contribution in [0.5, 0.6) is 0 Å². The maximum Gasteiger partial charge on any atom is 0.164 e. The molecule has 4 nitrogen and oxygen atoms in total. The third-order valence-corrected chi connectivity index (χ3v) is 13.6. The second-order valence-corrected chi connectivity index (χ2v) is 17.4. The van der Waals surface area contributed by atoms with Crippen LogP contribution in [0.3, 0.4) is 0 Å². The average molecular weight is 868 g/mol. The van der Waals surface area contributed by atoms with Gasteiger partial charge in [0.05, 0.1) is 5.41 Å². The van der Waals surface area contributed by atoms with E-state index >= 15 is 0 Å². The fraction of sp³-hybridized carbons (Fsp3) is 0.0156. The zero-order chi connectivity index (χ0) is 45.0. The van der Waals surface area contributed by atoms with Crippen molar-refractivity contribution >= 4 is 21.9 Å². The Morgan fingerprint density at radius 1 is 0.265 bits per heavy atom. The monoisotopic (exact) mass is 867 g/mol. The van der Waals surface area contributed by atoms with E-state index < -0.39 is 5.41 Å². The molecule has 0 aliphatic heterocycles. The summed E-state index contributed by atoms with van der Waals surface area (Å²) in [7, 11) is 0. The molecule has 12 aromatic rings. The predicted molar refractivity (Wildman–Crippen MR) is 277 cm³/mol. The molecule has 2 aromatic heterocycles. The standard InChI is InChI=1S/C64H41N3O/c1-5-20-42(21-6-1)49-28-13-14-29-50(49)53-32-19-33-54-56-41-46(40-55(60(56)68-59(53)54)43-22-7-2-8-23-43)63-66-61(44-24-9-3-10-25-44)65-62(67-63)45-36-38-48(39-37-45)64(47-26-11-4-12-27-47)57-34-17-15-30-51(57)52-31-16-18-35-58(52)64/h1-41H. The third-order valence-electron chi connectivity index (χ3n) is 13.6. The number of furan rings is 1. The van der Waals surface area contributed by atoms with Gasteiger partial charge in [-0.3, -0.25) is 0 Å². The van der Waals surface area contributed by atoms with Crippen LogP contribution < -0.4 is 0 Å². The van der Waals surface area contributed by atoms with E-state index in [1.54, 1.807) is 0 Å². The van der Waals surface area contributed by atoms with Crippen LogP contribution in [0.2, 0.25) is 0 Å². The van der Waals surface area contributed by atoms with Crippen molar-refractivity contribution in [1.29, 1.82) is 0 Å². The Morgan fingerprint density at radius 2 is 0.691 bits per heavy atom. The van der Waals surface area contributed by atoms with E-state index in [9.17, 15) is 0 Å². The Bertz CT molecular complexity index is 3780. The average Bonchev–Trinajstić information content (AvgIpc) is 3.96. The SMILES string of the molecule is c1ccc(-c2nc(-c3ccc(C4(c5ccccc5)c5ccccc5-c5ccccc54)cc3)nc(-c3cc(-c4ccccc4)c4oc5c(-c6ccccc6-c6ccccc6)cccc5c4c3)n2)cc1. The van der Waals surface area contributed by atoms with Gasteiger partial charge in [0.2, 0.25) is 0 Å². The molecule has 0 atom stereocenters. The van der Waals surface area contributed by atoms with Gasteiger partial charge in [0.1, 0.15) is 11.2 Å². The topological polar surface area (TPSA) is 51.8 Å². The van der Waals surface area contributed by atoms with Gasteiger partial charge in [0, 0.05) is 38.6 Å². The summed E-state index contributed by atoms with van der Waals surface area (Å²) < 4.78 is 7.08. The molecule has 0 saturated carbocycles. The van der Waals surface area contributed by atoms with E-state index in [0.29, 0.717) is 17.5 Å². The molecule has 0 bridgehead atoms. The zero-order valence-electron chi connectivity index (χ0n) is 36.9. The first-order chi connectivity index (χ1) is 33.7. The molecule has 1 aliphatic carbocycles. The molecular formula is C64H41N3O. The van der Waals surface area contributed by atoms with Crippen LogP contribution in [-0.4, -0.2) is 15.0 Å². The highest BCUT2D eigenvalue weighted by Crippen LogP contribution is 2.56. The molecule has 318 valence electrons. The van der Waals surface area contributed by atoms with E-state index in [1.807, 2.05) is 24.3 Å². The van der Waals surface area contributed by atoms with Gasteiger partial charge in [-0.15, -0.1) is 0 Å². The third kappa shape index (κ3) is 6.34. The van der Waals surface area contributed by atoms with Gasteiger partial charge in [-0.1, -0.05) is 237 Å². The van der Waals surface area contributed by atoms with E-state index in [2.05, 4.69) is 224 Å². The lowest BCUT2D eigenvalue weighted by molar-refractivity contribution is 0.671. The molecule has 68 heavy (non-hydrogen) atoms. The largest absolute Gasteiger partial charge is 0.455 e. The van der Waals surface area contributed by atoms with Gasteiger partial charge >= 0.3 is 0 Å². The van der Waals surface area contributed by atoms with Crippen LogP contribution in [0, 0.1) is 0 Å². The van der Waals surface area contributed by atoms with Crippen molar-refractivity contribution in [3.63, 3.8) is 0 Å². The molecule has 13 rings (SSSR count). The molecule has 0 radical (unpaired) electrons. The highest BCUT2D eigenvalue weighted by molar-refractivity contribution is 6.15. The van der Waals surface area contributed by atoms with Gasteiger partial charge in [-0.2, -0.15) is 0 Å². The minimum atomic E-state index is -0.507. The second-order valence-electron chi connectivity index (χ2n) is 17.4. The lowest BCUT2D eigenvalue weighted by Gasteiger charge is -2.34. The molecule has 0 saturated heterocycles. The number of nitrogens with zero attached hydrogens (tertiary/aromatic N) is 3. The summed E-state index contributed by atoms with van der Waals surface area (Å²) in [5.41, 5.74) is 17.8. The summed E-state index contributed by atoms with van der Waals surface area (Å²) in [5, 5.41) is 2.02. The first kappa shape index (κ1) is 39.4. The molecule has 0 amide bonds. The van der Waals surface area contributed by atoms with Crippen molar-refractivity contribution in [1.82, 2.24) is 15.0 Å². The fourth-order valence-corrected chi connectivity index (χ4v) is 10.6. The summed E-state index contributed by atoms with van der Waals surface area (Å²) in [4.78, 5) is 15.8. The lowest BCUT2D eigenvalue weighted by Crippen LogP contribution is -2.28. The molecule has 1 aliphatic rings. The number of rotatable bonds is 8. The summed E-state index contributed by atoms with van der Waals surface area (Å²) in [6.45, 7) is 0. The minimum absolute atomic E-state index is 0.507. The van der Waals surface area contributed by atoms with Gasteiger partial charge < -0.3 is 4.42 Å². The normalized spacial score (nSPS) is 12.5. The van der Waals surface area contributed by atoms with Gasteiger partial charge in [-0.25, -0.2) is 15.0 Å². The molecule has 4 heteroatoms. The van der Waals surface area contributed by atoms with E-state index in [1.165, 1.54) is 33.4 Å². The Morgan fingerprint density at radius 3 is 1.29 bits per heavy atom. The summed E-state index contributed by atoms with van der Waals surface area (Å²) in [6, 6.07) is 88.0. The minimum Gasteiger partial charge on any atom is -0.455 e. The predicted octanol–water partition coefficient (Wildman–Crippen LogP) is 16.1. The lowest BCUT2D eigenvalue weighted by atomic mass is 9.67. The maximum absolute atomic E-state index is 7.08. The number of hydrogen-bond donors (Lipinski definition) is 0. The van der Waals surface area contributed by atoms with E-state index in [-0.39, 0.29) is 0 Å². The number of fused-ring (bicyclic) bond motifs is 6. The highest BCUT2D eigenvalue weighted by atomic mass is 16.3. The first-order valence-corrected chi connectivity index (χ1v) is 23.1.